The zero-order valence-corrected chi connectivity index (χ0v) is 13.9. The van der Waals surface area contributed by atoms with E-state index in [-0.39, 0.29) is 5.91 Å². The topological polar surface area (TPSA) is 54.9 Å². The van der Waals surface area contributed by atoms with Crippen LogP contribution in [-0.4, -0.2) is 15.9 Å². The Balaban J connectivity index is 1.67. The molecule has 2 heterocycles. The molecule has 0 aliphatic rings. The molecule has 1 amide bonds. The average molecular weight is 374 g/mol. The van der Waals surface area contributed by atoms with Gasteiger partial charge in [0.25, 0.3) is 5.91 Å². The summed E-state index contributed by atoms with van der Waals surface area (Å²) in [6, 6.07) is 13.1. The third kappa shape index (κ3) is 3.40. The maximum absolute atomic E-state index is 12.1. The van der Waals surface area contributed by atoms with Crippen molar-refractivity contribution in [1.29, 1.82) is 0 Å². The van der Waals surface area contributed by atoms with E-state index in [4.69, 9.17) is 0 Å². The Bertz CT molecular complexity index is 789. The first-order valence-corrected chi connectivity index (χ1v) is 8.30. The fraction of sp³-hybridized carbons (Fsp3) is 0.0625. The molecular formula is C16H12BrN3OS. The normalized spacial score (nSPS) is 10.4. The summed E-state index contributed by atoms with van der Waals surface area (Å²) < 4.78 is 0.778. The van der Waals surface area contributed by atoms with Crippen molar-refractivity contribution in [3.05, 3.63) is 69.8 Å². The van der Waals surface area contributed by atoms with E-state index in [1.165, 1.54) is 11.3 Å². The van der Waals surface area contributed by atoms with Crippen molar-refractivity contribution >= 4 is 33.2 Å². The van der Waals surface area contributed by atoms with Gasteiger partial charge in [-0.3, -0.25) is 9.78 Å². The van der Waals surface area contributed by atoms with Gasteiger partial charge >= 0.3 is 0 Å². The maximum atomic E-state index is 12.1. The van der Waals surface area contributed by atoms with E-state index in [0.29, 0.717) is 12.1 Å². The minimum Gasteiger partial charge on any atom is -0.346 e. The van der Waals surface area contributed by atoms with Gasteiger partial charge in [0.2, 0.25) is 0 Å². The summed E-state index contributed by atoms with van der Waals surface area (Å²) in [6.45, 7) is 0.392. The van der Waals surface area contributed by atoms with Crippen LogP contribution in [0.4, 0.5) is 0 Å². The number of hydrogen-bond donors (Lipinski definition) is 1. The summed E-state index contributed by atoms with van der Waals surface area (Å²) in [7, 11) is 0. The molecule has 3 rings (SSSR count). The number of nitrogens with zero attached hydrogens (tertiary/aromatic N) is 2. The van der Waals surface area contributed by atoms with Gasteiger partial charge in [-0.15, -0.1) is 11.3 Å². The van der Waals surface area contributed by atoms with Crippen molar-refractivity contribution in [3.8, 4) is 10.7 Å². The van der Waals surface area contributed by atoms with Crippen LogP contribution in [0.5, 0.6) is 0 Å². The fourth-order valence-electron chi connectivity index (χ4n) is 1.91. The Morgan fingerprint density at radius 2 is 2.00 bits per heavy atom. The van der Waals surface area contributed by atoms with E-state index < -0.39 is 0 Å². The van der Waals surface area contributed by atoms with E-state index in [1.807, 2.05) is 41.8 Å². The zero-order valence-electron chi connectivity index (χ0n) is 11.5. The van der Waals surface area contributed by atoms with E-state index in [0.717, 1.165) is 20.9 Å². The first kappa shape index (κ1) is 14.9. The van der Waals surface area contributed by atoms with Crippen molar-refractivity contribution in [2.24, 2.45) is 0 Å². The molecule has 3 aromatic rings. The number of hydrogen-bond acceptors (Lipinski definition) is 4. The van der Waals surface area contributed by atoms with Crippen LogP contribution in [-0.2, 0) is 6.54 Å². The Morgan fingerprint density at radius 3 is 2.77 bits per heavy atom. The number of carbonyl (C=O) groups is 1. The van der Waals surface area contributed by atoms with Crippen molar-refractivity contribution in [3.63, 3.8) is 0 Å². The number of rotatable bonds is 4. The van der Waals surface area contributed by atoms with Gasteiger partial charge in [-0.05, 0) is 40.2 Å². The second kappa shape index (κ2) is 6.81. The van der Waals surface area contributed by atoms with Crippen molar-refractivity contribution in [2.45, 2.75) is 6.54 Å². The van der Waals surface area contributed by atoms with Crippen LogP contribution in [0, 0.1) is 0 Å². The van der Waals surface area contributed by atoms with Gasteiger partial charge in [0.1, 0.15) is 5.01 Å². The van der Waals surface area contributed by atoms with Crippen LogP contribution < -0.4 is 5.32 Å². The Morgan fingerprint density at radius 1 is 1.18 bits per heavy atom. The van der Waals surface area contributed by atoms with Crippen LogP contribution in [0.1, 0.15) is 16.1 Å². The molecule has 0 aliphatic carbocycles. The molecule has 0 aliphatic heterocycles. The minimum absolute atomic E-state index is 0.125. The molecule has 0 atom stereocenters. The molecule has 0 saturated heterocycles. The second-order valence-corrected chi connectivity index (χ2v) is 6.23. The summed E-state index contributed by atoms with van der Waals surface area (Å²) in [5.41, 5.74) is 2.28. The molecule has 0 saturated carbocycles. The molecule has 2 aromatic heterocycles. The van der Waals surface area contributed by atoms with Crippen molar-refractivity contribution in [2.75, 3.05) is 0 Å². The molecule has 22 heavy (non-hydrogen) atoms. The number of thiazole rings is 1. The maximum Gasteiger partial charge on any atom is 0.252 e. The molecule has 4 nitrogen and oxygen atoms in total. The summed E-state index contributed by atoms with van der Waals surface area (Å²) in [4.78, 5) is 20.9. The highest BCUT2D eigenvalue weighted by Gasteiger charge is 2.10. The van der Waals surface area contributed by atoms with Gasteiger partial charge in [0, 0.05) is 16.0 Å². The summed E-state index contributed by atoms with van der Waals surface area (Å²) in [5.74, 6) is -0.125. The Labute approximate surface area is 140 Å². The Hall–Kier alpha value is -2.05. The average Bonchev–Trinajstić information content (AvgIpc) is 3.03. The SMILES string of the molecule is O=C(NCc1csc(-c2ccccn2)n1)c1ccccc1Br. The third-order valence-electron chi connectivity index (χ3n) is 2.98. The lowest BCUT2D eigenvalue weighted by atomic mass is 10.2. The van der Waals surface area contributed by atoms with Gasteiger partial charge in [0.05, 0.1) is 23.5 Å². The molecular weight excluding hydrogens is 362 g/mol. The summed E-state index contributed by atoms with van der Waals surface area (Å²) in [5, 5.41) is 5.66. The number of benzene rings is 1. The second-order valence-electron chi connectivity index (χ2n) is 4.52. The highest BCUT2D eigenvalue weighted by atomic mass is 79.9. The van der Waals surface area contributed by atoms with Gasteiger partial charge in [-0.1, -0.05) is 18.2 Å². The van der Waals surface area contributed by atoms with Crippen LogP contribution in [0.2, 0.25) is 0 Å². The quantitative estimate of drug-likeness (QED) is 0.754. The molecule has 6 heteroatoms. The zero-order chi connectivity index (χ0) is 15.4. The number of nitrogens with one attached hydrogen (secondary N) is 1. The standard InChI is InChI=1S/C16H12BrN3OS/c17-13-6-2-1-5-12(13)15(21)19-9-11-10-22-16(20-11)14-7-3-4-8-18-14/h1-8,10H,9H2,(H,19,21). The van der Waals surface area contributed by atoms with Crippen LogP contribution in [0.25, 0.3) is 10.7 Å². The van der Waals surface area contributed by atoms with Crippen LogP contribution in [0.15, 0.2) is 58.5 Å². The monoisotopic (exact) mass is 373 g/mol. The smallest absolute Gasteiger partial charge is 0.252 e. The van der Waals surface area contributed by atoms with Crippen LogP contribution in [0.3, 0.4) is 0 Å². The van der Waals surface area contributed by atoms with Crippen molar-refractivity contribution < 1.29 is 4.79 Å². The van der Waals surface area contributed by atoms with Gasteiger partial charge < -0.3 is 5.32 Å². The molecule has 110 valence electrons. The number of amides is 1. The lowest BCUT2D eigenvalue weighted by molar-refractivity contribution is 0.0949. The van der Waals surface area contributed by atoms with Crippen molar-refractivity contribution in [1.82, 2.24) is 15.3 Å². The van der Waals surface area contributed by atoms with E-state index >= 15 is 0 Å². The third-order valence-corrected chi connectivity index (χ3v) is 4.59. The number of pyridine rings is 1. The molecule has 1 aromatic carbocycles. The highest BCUT2D eigenvalue weighted by Crippen LogP contribution is 2.21. The van der Waals surface area contributed by atoms with Gasteiger partial charge in [-0.2, -0.15) is 0 Å². The predicted molar refractivity (Wildman–Crippen MR) is 90.7 cm³/mol. The molecule has 0 bridgehead atoms. The molecule has 1 N–H and O–H groups in total. The summed E-state index contributed by atoms with van der Waals surface area (Å²) in [6.07, 6.45) is 1.74. The van der Waals surface area contributed by atoms with E-state index in [9.17, 15) is 4.79 Å². The van der Waals surface area contributed by atoms with Gasteiger partial charge in [-0.25, -0.2) is 4.98 Å². The lowest BCUT2D eigenvalue weighted by Crippen LogP contribution is -2.23. The minimum atomic E-state index is -0.125. The predicted octanol–water partition coefficient (Wildman–Crippen LogP) is 3.90. The first-order chi connectivity index (χ1) is 10.7. The summed E-state index contributed by atoms with van der Waals surface area (Å²) >= 11 is 4.89. The largest absolute Gasteiger partial charge is 0.346 e. The number of carbonyl (C=O) groups excluding carboxylic acids is 1. The van der Waals surface area contributed by atoms with E-state index in [1.54, 1.807) is 12.3 Å². The lowest BCUT2D eigenvalue weighted by Gasteiger charge is -2.05. The first-order valence-electron chi connectivity index (χ1n) is 6.62. The van der Waals surface area contributed by atoms with Crippen LogP contribution >= 0.6 is 27.3 Å². The molecule has 0 unspecified atom stereocenters. The molecule has 0 fully saturated rings. The highest BCUT2D eigenvalue weighted by molar-refractivity contribution is 9.10. The fourth-order valence-corrected chi connectivity index (χ4v) is 3.17. The van der Waals surface area contributed by atoms with E-state index in [2.05, 4.69) is 31.2 Å². The van der Waals surface area contributed by atoms with Gasteiger partial charge in [0.15, 0.2) is 0 Å². The number of aromatic nitrogens is 2. The Kier molecular flexibility index (Phi) is 4.60. The molecule has 0 radical (unpaired) electrons. The number of halogens is 1. The molecule has 0 spiro atoms.